The first-order valence-corrected chi connectivity index (χ1v) is 8.25. The molecule has 0 aromatic heterocycles. The number of carbonyl (C=O) groups is 1. The number of hydrogen-bond acceptors (Lipinski definition) is 2. The summed E-state index contributed by atoms with van der Waals surface area (Å²) < 4.78 is 0.888. The van der Waals surface area contributed by atoms with Crippen molar-refractivity contribution in [2.45, 2.75) is 19.4 Å². The summed E-state index contributed by atoms with van der Waals surface area (Å²) in [5.74, 6) is 1.25. The summed E-state index contributed by atoms with van der Waals surface area (Å²) in [6, 6.07) is 5.79. The molecule has 108 valence electrons. The molecule has 0 spiro atoms. The number of benzene rings is 1. The van der Waals surface area contributed by atoms with Crippen LogP contribution in [-0.2, 0) is 0 Å². The second kappa shape index (κ2) is 5.66. The summed E-state index contributed by atoms with van der Waals surface area (Å²) in [5, 5.41) is 3.97. The Kier molecular flexibility index (Phi) is 4.07. The van der Waals surface area contributed by atoms with Crippen LogP contribution in [0.2, 0.25) is 5.02 Å². The van der Waals surface area contributed by atoms with Gasteiger partial charge in [0.05, 0.1) is 10.6 Å². The molecule has 0 radical (unpaired) electrons. The van der Waals surface area contributed by atoms with Crippen LogP contribution in [0.15, 0.2) is 22.7 Å². The summed E-state index contributed by atoms with van der Waals surface area (Å²) in [5.41, 5.74) is 0.604. The predicted octanol–water partition coefficient (Wildman–Crippen LogP) is 3.17. The third-order valence-corrected chi connectivity index (χ3v) is 5.38. The Morgan fingerprint density at radius 2 is 2.30 bits per heavy atom. The smallest absolute Gasteiger partial charge is 0.255 e. The summed E-state index contributed by atoms with van der Waals surface area (Å²) in [7, 11) is 0. The average Bonchev–Trinajstić information content (AvgIpc) is 3.00. The highest BCUT2D eigenvalue weighted by atomic mass is 79.9. The molecule has 2 aliphatic heterocycles. The summed E-state index contributed by atoms with van der Waals surface area (Å²) in [6.45, 7) is 5.06. The molecule has 0 bridgehead atoms. The van der Waals surface area contributed by atoms with E-state index < -0.39 is 0 Å². The van der Waals surface area contributed by atoms with E-state index in [1.54, 1.807) is 6.07 Å². The lowest BCUT2D eigenvalue weighted by atomic mass is 9.93. The van der Waals surface area contributed by atoms with Crippen LogP contribution in [0, 0.1) is 11.8 Å². The van der Waals surface area contributed by atoms with Crippen molar-refractivity contribution >= 4 is 33.4 Å². The average molecular weight is 358 g/mol. The molecule has 1 N–H and O–H groups in total. The number of halogens is 2. The monoisotopic (exact) mass is 356 g/mol. The second-order valence-electron chi connectivity index (χ2n) is 5.64. The van der Waals surface area contributed by atoms with E-state index in [9.17, 15) is 4.79 Å². The molecule has 3 unspecified atom stereocenters. The van der Waals surface area contributed by atoms with Crippen LogP contribution in [0.4, 0.5) is 0 Å². The third-order valence-electron chi connectivity index (χ3n) is 4.56. The van der Waals surface area contributed by atoms with Crippen molar-refractivity contribution in [1.82, 2.24) is 10.2 Å². The van der Waals surface area contributed by atoms with Crippen molar-refractivity contribution in [2.75, 3.05) is 19.6 Å². The van der Waals surface area contributed by atoms with Gasteiger partial charge in [-0.2, -0.15) is 0 Å². The van der Waals surface area contributed by atoms with Crippen LogP contribution in [-0.4, -0.2) is 36.5 Å². The fourth-order valence-corrected chi connectivity index (χ4v) is 4.15. The van der Waals surface area contributed by atoms with Gasteiger partial charge in [-0.25, -0.2) is 0 Å². The van der Waals surface area contributed by atoms with Gasteiger partial charge in [0.25, 0.3) is 5.91 Å². The zero-order chi connectivity index (χ0) is 14.3. The Labute approximate surface area is 132 Å². The number of fused-ring (bicyclic) bond motifs is 1. The molecule has 5 heteroatoms. The molecule has 1 amide bonds. The lowest BCUT2D eigenvalue weighted by molar-refractivity contribution is 0.0712. The van der Waals surface area contributed by atoms with E-state index in [0.717, 1.165) is 30.5 Å². The molecular formula is C15H18BrClN2O. The normalized spacial score (nSPS) is 28.8. The minimum Gasteiger partial charge on any atom is -0.335 e. The van der Waals surface area contributed by atoms with Gasteiger partial charge in [0.2, 0.25) is 0 Å². The van der Waals surface area contributed by atoms with Gasteiger partial charge < -0.3 is 10.2 Å². The Balaban J connectivity index is 1.88. The molecule has 2 aliphatic rings. The number of nitrogens with one attached hydrogen (secondary N) is 1. The van der Waals surface area contributed by atoms with Gasteiger partial charge in [0.15, 0.2) is 0 Å². The molecule has 2 saturated heterocycles. The van der Waals surface area contributed by atoms with Crippen molar-refractivity contribution in [3.63, 3.8) is 0 Å². The van der Waals surface area contributed by atoms with E-state index in [1.165, 1.54) is 0 Å². The topological polar surface area (TPSA) is 32.3 Å². The molecule has 1 aromatic carbocycles. The number of nitrogens with zero attached hydrogens (tertiary/aromatic N) is 1. The molecule has 0 saturated carbocycles. The number of rotatable bonds is 2. The Hall–Kier alpha value is -0.580. The zero-order valence-electron chi connectivity index (χ0n) is 11.4. The van der Waals surface area contributed by atoms with E-state index in [0.29, 0.717) is 28.5 Å². The molecule has 2 heterocycles. The van der Waals surface area contributed by atoms with Gasteiger partial charge in [-0.15, -0.1) is 0 Å². The minimum atomic E-state index is 0.0672. The van der Waals surface area contributed by atoms with E-state index in [1.807, 2.05) is 17.0 Å². The Morgan fingerprint density at radius 3 is 3.05 bits per heavy atom. The van der Waals surface area contributed by atoms with Gasteiger partial charge in [0.1, 0.15) is 0 Å². The highest BCUT2D eigenvalue weighted by molar-refractivity contribution is 9.10. The summed E-state index contributed by atoms with van der Waals surface area (Å²) in [6.07, 6.45) is 1.00. The fraction of sp³-hybridized carbons (Fsp3) is 0.533. The maximum Gasteiger partial charge on any atom is 0.255 e. The maximum atomic E-state index is 12.8. The van der Waals surface area contributed by atoms with Gasteiger partial charge in [-0.1, -0.05) is 34.5 Å². The lowest BCUT2D eigenvalue weighted by Crippen LogP contribution is -2.39. The quantitative estimate of drug-likeness (QED) is 0.882. The summed E-state index contributed by atoms with van der Waals surface area (Å²) in [4.78, 5) is 14.9. The van der Waals surface area contributed by atoms with Crippen molar-refractivity contribution in [3.8, 4) is 0 Å². The van der Waals surface area contributed by atoms with E-state index in [2.05, 4.69) is 28.2 Å². The van der Waals surface area contributed by atoms with Gasteiger partial charge in [0, 0.05) is 30.1 Å². The second-order valence-corrected chi connectivity index (χ2v) is 6.96. The zero-order valence-corrected chi connectivity index (χ0v) is 13.7. The Morgan fingerprint density at radius 1 is 1.50 bits per heavy atom. The van der Waals surface area contributed by atoms with Gasteiger partial charge in [-0.3, -0.25) is 4.79 Å². The molecule has 3 rings (SSSR count). The van der Waals surface area contributed by atoms with Crippen LogP contribution >= 0.6 is 27.5 Å². The third kappa shape index (κ3) is 2.38. The van der Waals surface area contributed by atoms with Crippen LogP contribution in [0.1, 0.15) is 23.7 Å². The highest BCUT2D eigenvalue weighted by Crippen LogP contribution is 2.36. The lowest BCUT2D eigenvalue weighted by Gasteiger charge is -2.27. The van der Waals surface area contributed by atoms with Crippen LogP contribution < -0.4 is 5.32 Å². The van der Waals surface area contributed by atoms with Crippen molar-refractivity contribution in [1.29, 1.82) is 0 Å². The largest absolute Gasteiger partial charge is 0.335 e. The standard InChI is InChI=1S/C15H18BrClN2O/c1-2-14-12-7-18-6-9(12)8-19(14)15(20)11-5-10(16)3-4-13(11)17/h3-5,9,12,14,18H,2,6-8H2,1H3. The van der Waals surface area contributed by atoms with Crippen LogP contribution in [0.25, 0.3) is 0 Å². The molecule has 2 fully saturated rings. The molecule has 1 aromatic rings. The first-order chi connectivity index (χ1) is 9.61. The van der Waals surface area contributed by atoms with Crippen molar-refractivity contribution in [3.05, 3.63) is 33.3 Å². The summed E-state index contributed by atoms with van der Waals surface area (Å²) >= 11 is 9.61. The fourth-order valence-electron chi connectivity index (χ4n) is 3.60. The molecule has 3 nitrogen and oxygen atoms in total. The van der Waals surface area contributed by atoms with Gasteiger partial charge >= 0.3 is 0 Å². The number of hydrogen-bond donors (Lipinski definition) is 1. The number of amides is 1. The van der Waals surface area contributed by atoms with E-state index in [-0.39, 0.29) is 5.91 Å². The first-order valence-electron chi connectivity index (χ1n) is 7.08. The number of carbonyl (C=O) groups excluding carboxylic acids is 1. The molecule has 3 atom stereocenters. The first kappa shape index (κ1) is 14.4. The van der Waals surface area contributed by atoms with Gasteiger partial charge in [-0.05, 0) is 36.5 Å². The molecule has 20 heavy (non-hydrogen) atoms. The molecular weight excluding hydrogens is 340 g/mol. The highest BCUT2D eigenvalue weighted by Gasteiger charge is 2.45. The Bertz CT molecular complexity index is 537. The number of likely N-dealkylation sites (tertiary alicyclic amines) is 1. The van der Waals surface area contributed by atoms with E-state index in [4.69, 9.17) is 11.6 Å². The molecule has 0 aliphatic carbocycles. The van der Waals surface area contributed by atoms with E-state index >= 15 is 0 Å². The van der Waals surface area contributed by atoms with Crippen molar-refractivity contribution in [2.24, 2.45) is 11.8 Å². The SMILES string of the molecule is CCC1C2CNCC2CN1C(=O)c1cc(Br)ccc1Cl. The predicted molar refractivity (Wildman–Crippen MR) is 84.1 cm³/mol. The minimum absolute atomic E-state index is 0.0672. The maximum absolute atomic E-state index is 12.8. The van der Waals surface area contributed by atoms with Crippen LogP contribution in [0.3, 0.4) is 0 Å². The van der Waals surface area contributed by atoms with Crippen molar-refractivity contribution < 1.29 is 4.79 Å². The van der Waals surface area contributed by atoms with Crippen LogP contribution in [0.5, 0.6) is 0 Å².